The van der Waals surface area contributed by atoms with Crippen LogP contribution >= 0.6 is 37.2 Å². The molecule has 1 heterocycles. The highest BCUT2D eigenvalue weighted by molar-refractivity contribution is 5.94. The van der Waals surface area contributed by atoms with E-state index in [2.05, 4.69) is 70.2 Å². The zero-order valence-electron chi connectivity index (χ0n) is 21.1. The maximum absolute atomic E-state index is 9.93. The van der Waals surface area contributed by atoms with Crippen molar-refractivity contribution in [2.45, 2.75) is 38.6 Å². The van der Waals surface area contributed by atoms with Crippen LogP contribution in [0.2, 0.25) is 0 Å². The van der Waals surface area contributed by atoms with Gasteiger partial charge in [-0.1, -0.05) is 49.4 Å². The van der Waals surface area contributed by atoms with Crippen molar-refractivity contribution in [1.29, 1.82) is 0 Å². The minimum Gasteiger partial charge on any atom is -0.508 e. The van der Waals surface area contributed by atoms with Crippen molar-refractivity contribution >= 4 is 53.7 Å². The van der Waals surface area contributed by atoms with Gasteiger partial charge in [0.2, 0.25) is 0 Å². The Morgan fingerprint density at radius 2 is 1.61 bits per heavy atom. The second-order valence-corrected chi connectivity index (χ2v) is 9.71. The summed E-state index contributed by atoms with van der Waals surface area (Å²) >= 11 is 0. The maximum Gasteiger partial charge on any atom is 0.115 e. The van der Waals surface area contributed by atoms with E-state index in [1.807, 2.05) is 12.1 Å². The molecule has 2 aliphatic rings. The SMILES string of the molecule is CCCN(CCN1CCN(c2cccc3ccccc23)CC1)C1CCc2ccc(O)cc2C1.Cl.Cl.Cl. The topological polar surface area (TPSA) is 30.0 Å². The number of anilines is 1. The summed E-state index contributed by atoms with van der Waals surface area (Å²) in [7, 11) is 0. The fourth-order valence-corrected chi connectivity index (χ4v) is 5.77. The molecule has 0 saturated carbocycles. The van der Waals surface area contributed by atoms with E-state index in [0.717, 1.165) is 58.7 Å². The third-order valence-corrected chi connectivity index (χ3v) is 7.60. The molecule has 1 aliphatic heterocycles. The van der Waals surface area contributed by atoms with E-state index in [-0.39, 0.29) is 37.2 Å². The van der Waals surface area contributed by atoms with Crippen molar-refractivity contribution in [2.75, 3.05) is 50.7 Å². The second-order valence-electron chi connectivity index (χ2n) is 9.71. The second kappa shape index (κ2) is 14.3. The molecule has 1 unspecified atom stereocenters. The minimum atomic E-state index is 0. The van der Waals surface area contributed by atoms with Crippen molar-refractivity contribution in [3.8, 4) is 5.75 Å². The van der Waals surface area contributed by atoms with Crippen LogP contribution < -0.4 is 4.90 Å². The average molecular weight is 553 g/mol. The van der Waals surface area contributed by atoms with Crippen LogP contribution in [0.3, 0.4) is 0 Å². The predicted octanol–water partition coefficient (Wildman–Crippen LogP) is 6.20. The van der Waals surface area contributed by atoms with E-state index in [0.29, 0.717) is 11.8 Å². The number of rotatable bonds is 7. The number of fused-ring (bicyclic) bond motifs is 2. The van der Waals surface area contributed by atoms with Gasteiger partial charge in [0.15, 0.2) is 0 Å². The largest absolute Gasteiger partial charge is 0.508 e. The number of hydrogen-bond acceptors (Lipinski definition) is 4. The average Bonchev–Trinajstić information content (AvgIpc) is 2.86. The molecule has 3 aromatic rings. The van der Waals surface area contributed by atoms with Gasteiger partial charge in [-0.05, 0) is 66.9 Å². The van der Waals surface area contributed by atoms with Crippen molar-refractivity contribution < 1.29 is 5.11 Å². The number of phenolic OH excluding ortho intramolecular Hbond substituents is 1. The van der Waals surface area contributed by atoms with Gasteiger partial charge in [-0.3, -0.25) is 9.80 Å². The molecule has 4 nitrogen and oxygen atoms in total. The van der Waals surface area contributed by atoms with Crippen molar-refractivity contribution in [1.82, 2.24) is 9.80 Å². The summed E-state index contributed by atoms with van der Waals surface area (Å²) < 4.78 is 0. The van der Waals surface area contributed by atoms with Crippen LogP contribution in [-0.2, 0) is 12.8 Å². The normalized spacial score (nSPS) is 17.6. The first-order valence-corrected chi connectivity index (χ1v) is 12.7. The molecule has 3 aromatic carbocycles. The fraction of sp³-hybridized carbons (Fsp3) is 0.448. The van der Waals surface area contributed by atoms with Crippen LogP contribution in [-0.4, -0.2) is 66.8 Å². The van der Waals surface area contributed by atoms with Crippen LogP contribution in [0, 0.1) is 0 Å². The number of hydrogen-bond donors (Lipinski definition) is 1. The highest BCUT2D eigenvalue weighted by Crippen LogP contribution is 2.29. The Bertz CT molecular complexity index is 1080. The van der Waals surface area contributed by atoms with E-state index >= 15 is 0 Å². The zero-order valence-corrected chi connectivity index (χ0v) is 23.6. The highest BCUT2D eigenvalue weighted by atomic mass is 35.5. The summed E-state index contributed by atoms with van der Waals surface area (Å²) in [6.07, 6.45) is 4.62. The van der Waals surface area contributed by atoms with Gasteiger partial charge in [0.25, 0.3) is 0 Å². The first-order chi connectivity index (χ1) is 16.2. The molecule has 198 valence electrons. The molecular formula is C29H40Cl3N3O. The monoisotopic (exact) mass is 551 g/mol. The molecule has 0 spiro atoms. The molecule has 0 amide bonds. The van der Waals surface area contributed by atoms with Crippen LogP contribution in [0.25, 0.3) is 10.8 Å². The number of phenols is 1. The number of benzene rings is 3. The number of nitrogens with zero attached hydrogens (tertiary/aromatic N) is 3. The van der Waals surface area contributed by atoms with Gasteiger partial charge in [-0.15, -0.1) is 37.2 Å². The van der Waals surface area contributed by atoms with Gasteiger partial charge in [0.05, 0.1) is 0 Å². The van der Waals surface area contributed by atoms with E-state index in [1.54, 1.807) is 0 Å². The molecular weight excluding hydrogens is 513 g/mol. The summed E-state index contributed by atoms with van der Waals surface area (Å²) in [5.41, 5.74) is 4.14. The first kappa shape index (κ1) is 30.5. The molecule has 1 atom stereocenters. The summed E-state index contributed by atoms with van der Waals surface area (Å²) in [5.74, 6) is 0.403. The Balaban J connectivity index is 0.00000152. The lowest BCUT2D eigenvalue weighted by Gasteiger charge is -2.39. The zero-order chi connectivity index (χ0) is 22.6. The Labute approximate surface area is 234 Å². The molecule has 1 aliphatic carbocycles. The molecule has 1 saturated heterocycles. The standard InChI is InChI=1S/C29H37N3O.3ClH/c1-2-14-31(26-12-10-23-11-13-27(33)22-25(23)21-26)18-15-30-16-19-32(20-17-30)29-9-5-7-24-6-3-4-8-28(24)29;;;/h3-9,11,13,22,26,33H,2,10,12,14-21H2,1H3;3*1H. The fourth-order valence-electron chi connectivity index (χ4n) is 5.77. The third kappa shape index (κ3) is 6.99. The van der Waals surface area contributed by atoms with Gasteiger partial charge < -0.3 is 10.0 Å². The van der Waals surface area contributed by atoms with Gasteiger partial charge in [0, 0.05) is 56.4 Å². The van der Waals surface area contributed by atoms with E-state index in [9.17, 15) is 5.11 Å². The molecule has 36 heavy (non-hydrogen) atoms. The van der Waals surface area contributed by atoms with Gasteiger partial charge in [-0.25, -0.2) is 0 Å². The first-order valence-electron chi connectivity index (χ1n) is 12.7. The molecule has 1 N–H and O–H groups in total. The molecule has 7 heteroatoms. The van der Waals surface area contributed by atoms with E-state index in [4.69, 9.17) is 0 Å². The van der Waals surface area contributed by atoms with Crippen LogP contribution in [0.1, 0.15) is 30.9 Å². The lowest BCUT2D eigenvalue weighted by atomic mass is 9.87. The third-order valence-electron chi connectivity index (χ3n) is 7.60. The van der Waals surface area contributed by atoms with Crippen molar-refractivity contribution in [3.05, 3.63) is 71.8 Å². The smallest absolute Gasteiger partial charge is 0.115 e. The maximum atomic E-state index is 9.93. The Kier molecular flexibility index (Phi) is 12.1. The highest BCUT2D eigenvalue weighted by Gasteiger charge is 2.25. The van der Waals surface area contributed by atoms with Crippen molar-refractivity contribution in [3.63, 3.8) is 0 Å². The molecule has 0 bridgehead atoms. The molecule has 5 rings (SSSR count). The van der Waals surface area contributed by atoms with Crippen molar-refractivity contribution in [2.24, 2.45) is 0 Å². The summed E-state index contributed by atoms with van der Waals surface area (Å²) in [4.78, 5) is 7.92. The van der Waals surface area contributed by atoms with Gasteiger partial charge in [-0.2, -0.15) is 0 Å². The van der Waals surface area contributed by atoms with Crippen LogP contribution in [0.15, 0.2) is 60.7 Å². The lowest BCUT2D eigenvalue weighted by molar-refractivity contribution is 0.145. The number of aryl methyl sites for hydroxylation is 1. The van der Waals surface area contributed by atoms with Gasteiger partial charge >= 0.3 is 0 Å². The van der Waals surface area contributed by atoms with Crippen LogP contribution in [0.4, 0.5) is 5.69 Å². The Hall–Kier alpha value is -1.69. The molecule has 1 fully saturated rings. The van der Waals surface area contributed by atoms with E-state index in [1.165, 1.54) is 40.4 Å². The number of aromatic hydroxyl groups is 1. The lowest BCUT2D eigenvalue weighted by Crippen LogP contribution is -2.50. The van der Waals surface area contributed by atoms with Crippen LogP contribution in [0.5, 0.6) is 5.75 Å². The Morgan fingerprint density at radius 3 is 2.39 bits per heavy atom. The minimum absolute atomic E-state index is 0. The van der Waals surface area contributed by atoms with E-state index < -0.39 is 0 Å². The predicted molar refractivity (Wildman–Crippen MR) is 160 cm³/mol. The summed E-state index contributed by atoms with van der Waals surface area (Å²) in [6, 6.07) is 21.9. The summed E-state index contributed by atoms with van der Waals surface area (Å²) in [6.45, 7) is 10.2. The van der Waals surface area contributed by atoms with Gasteiger partial charge in [0.1, 0.15) is 5.75 Å². The molecule has 0 aromatic heterocycles. The number of halogens is 3. The Morgan fingerprint density at radius 1 is 0.861 bits per heavy atom. The quantitative estimate of drug-likeness (QED) is 0.378. The summed E-state index contributed by atoms with van der Waals surface area (Å²) in [5, 5.41) is 12.6. The molecule has 0 radical (unpaired) electrons. The number of piperazine rings is 1.